The number of hydrogen-bond donors (Lipinski definition) is 0. The number of fused-ring (bicyclic) bond motifs is 5. The second-order valence-electron chi connectivity index (χ2n) is 7.81. The Kier molecular flexibility index (Phi) is 3.75. The lowest BCUT2D eigenvalue weighted by Gasteiger charge is -2.46. The molecule has 6 nitrogen and oxygen atoms in total. The van der Waals surface area contributed by atoms with Crippen molar-refractivity contribution in [3.05, 3.63) is 35.1 Å². The fourth-order valence-electron chi connectivity index (χ4n) is 4.24. The molecule has 2 heterocycles. The van der Waals surface area contributed by atoms with Crippen molar-refractivity contribution >= 4 is 11.8 Å². The lowest BCUT2D eigenvalue weighted by atomic mass is 9.67. The van der Waals surface area contributed by atoms with Crippen LogP contribution in [0, 0.1) is 11.3 Å². The first-order chi connectivity index (χ1) is 12.3. The highest BCUT2D eigenvalue weighted by atomic mass is 16.7. The Labute approximate surface area is 152 Å². The molecule has 0 amide bonds. The van der Waals surface area contributed by atoms with Crippen LogP contribution in [0.15, 0.2) is 29.5 Å². The third-order valence-electron chi connectivity index (χ3n) is 5.37. The number of carbonyl (C=O) groups excluding carboxylic acids is 2. The SMILES string of the molecule is COC(=O)C1[C@H]2OC3=C(C(=O)CC(C)(C)C3)[C@@H]1c1ccc(OC)cc1O2. The molecular formula is C20H22O6. The maximum absolute atomic E-state index is 13.0. The molecule has 2 bridgehead atoms. The van der Waals surface area contributed by atoms with Crippen LogP contribution in [-0.2, 0) is 19.1 Å². The molecule has 1 unspecified atom stereocenters. The minimum Gasteiger partial charge on any atom is -0.497 e. The molecule has 0 N–H and O–H groups in total. The van der Waals surface area contributed by atoms with E-state index < -0.39 is 24.1 Å². The van der Waals surface area contributed by atoms with Gasteiger partial charge in [-0.25, -0.2) is 0 Å². The molecule has 26 heavy (non-hydrogen) atoms. The molecule has 0 saturated carbocycles. The van der Waals surface area contributed by atoms with Gasteiger partial charge in [0.15, 0.2) is 5.78 Å². The Balaban J connectivity index is 1.89. The topological polar surface area (TPSA) is 71.1 Å². The van der Waals surface area contributed by atoms with E-state index in [2.05, 4.69) is 0 Å². The van der Waals surface area contributed by atoms with E-state index in [1.807, 2.05) is 26.0 Å². The highest BCUT2D eigenvalue weighted by Crippen LogP contribution is 2.54. The lowest BCUT2D eigenvalue weighted by molar-refractivity contribution is -0.172. The van der Waals surface area contributed by atoms with Crippen molar-refractivity contribution in [2.45, 2.75) is 38.9 Å². The zero-order chi connectivity index (χ0) is 18.6. The molecule has 1 aliphatic carbocycles. The molecule has 0 radical (unpaired) electrons. The quantitative estimate of drug-likeness (QED) is 0.757. The molecule has 4 rings (SSSR count). The van der Waals surface area contributed by atoms with Crippen molar-refractivity contribution in [2.75, 3.05) is 14.2 Å². The van der Waals surface area contributed by atoms with Crippen LogP contribution in [-0.4, -0.2) is 32.3 Å². The summed E-state index contributed by atoms with van der Waals surface area (Å²) in [6.45, 7) is 4.08. The Morgan fingerprint density at radius 1 is 1.19 bits per heavy atom. The minimum atomic E-state index is -0.812. The number of benzene rings is 1. The normalized spacial score (nSPS) is 28.3. The first-order valence-corrected chi connectivity index (χ1v) is 8.70. The largest absolute Gasteiger partial charge is 0.497 e. The molecule has 138 valence electrons. The van der Waals surface area contributed by atoms with E-state index >= 15 is 0 Å². The standard InChI is InChI=1S/C20H22O6/c1-20(2)8-12(21)16-14(9-20)26-19-17(18(22)24-4)15(16)11-6-5-10(23-3)7-13(11)25-19/h5-7,15,17,19H,8-9H2,1-4H3/t15-,17?,19+/m0/s1. The minimum absolute atomic E-state index is 0.0253. The maximum atomic E-state index is 13.0. The lowest BCUT2D eigenvalue weighted by Crippen LogP contribution is -2.49. The van der Waals surface area contributed by atoms with Gasteiger partial charge in [-0.3, -0.25) is 9.59 Å². The van der Waals surface area contributed by atoms with Crippen LogP contribution < -0.4 is 9.47 Å². The van der Waals surface area contributed by atoms with Crippen molar-refractivity contribution in [1.82, 2.24) is 0 Å². The van der Waals surface area contributed by atoms with E-state index in [1.54, 1.807) is 13.2 Å². The van der Waals surface area contributed by atoms with E-state index in [9.17, 15) is 9.59 Å². The number of rotatable bonds is 2. The van der Waals surface area contributed by atoms with Gasteiger partial charge in [-0.05, 0) is 11.5 Å². The van der Waals surface area contributed by atoms with Gasteiger partial charge in [0.05, 0.1) is 14.2 Å². The zero-order valence-corrected chi connectivity index (χ0v) is 15.3. The number of Topliss-reactive ketones (excluding diaryl/α,β-unsaturated/α-hetero) is 1. The van der Waals surface area contributed by atoms with Crippen molar-refractivity contribution in [3.8, 4) is 11.5 Å². The molecule has 0 saturated heterocycles. The third kappa shape index (κ3) is 2.47. The summed E-state index contributed by atoms with van der Waals surface area (Å²) in [5, 5.41) is 0. The van der Waals surface area contributed by atoms with Crippen LogP contribution in [0.3, 0.4) is 0 Å². The Morgan fingerprint density at radius 3 is 2.65 bits per heavy atom. The summed E-state index contributed by atoms with van der Waals surface area (Å²) in [5.41, 5.74) is 1.21. The molecule has 3 aliphatic rings. The summed E-state index contributed by atoms with van der Waals surface area (Å²) in [6.07, 6.45) is 0.257. The molecule has 1 aromatic rings. The van der Waals surface area contributed by atoms with E-state index in [-0.39, 0.29) is 11.2 Å². The molecule has 1 aromatic carbocycles. The highest BCUT2D eigenvalue weighted by Gasteiger charge is 2.54. The summed E-state index contributed by atoms with van der Waals surface area (Å²) in [7, 11) is 2.91. The molecule has 0 aromatic heterocycles. The van der Waals surface area contributed by atoms with Crippen LogP contribution in [0.1, 0.15) is 38.2 Å². The zero-order valence-electron chi connectivity index (χ0n) is 15.3. The van der Waals surface area contributed by atoms with E-state index in [4.69, 9.17) is 18.9 Å². The van der Waals surface area contributed by atoms with Crippen molar-refractivity contribution in [3.63, 3.8) is 0 Å². The van der Waals surface area contributed by atoms with E-state index in [0.717, 1.165) is 5.56 Å². The predicted octanol–water partition coefficient (Wildman–Crippen LogP) is 2.96. The molecular weight excluding hydrogens is 336 g/mol. The first-order valence-electron chi connectivity index (χ1n) is 8.70. The Hall–Kier alpha value is -2.50. The first kappa shape index (κ1) is 16.9. The molecule has 0 spiro atoms. The number of ketones is 1. The molecule has 3 atom stereocenters. The summed E-state index contributed by atoms with van der Waals surface area (Å²) in [4.78, 5) is 25.5. The fraction of sp³-hybridized carbons (Fsp3) is 0.500. The average molecular weight is 358 g/mol. The van der Waals surface area contributed by atoms with Gasteiger partial charge in [-0.15, -0.1) is 0 Å². The molecule has 6 heteroatoms. The fourth-order valence-corrected chi connectivity index (χ4v) is 4.24. The van der Waals surface area contributed by atoms with Crippen LogP contribution in [0.5, 0.6) is 11.5 Å². The van der Waals surface area contributed by atoms with Gasteiger partial charge in [0, 0.05) is 36.0 Å². The second kappa shape index (κ2) is 5.76. The number of ether oxygens (including phenoxy) is 4. The van der Waals surface area contributed by atoms with Crippen molar-refractivity contribution in [1.29, 1.82) is 0 Å². The average Bonchev–Trinajstić information content (AvgIpc) is 2.58. The van der Waals surface area contributed by atoms with Crippen LogP contribution in [0.2, 0.25) is 0 Å². The van der Waals surface area contributed by atoms with Crippen LogP contribution in [0.4, 0.5) is 0 Å². The van der Waals surface area contributed by atoms with Gasteiger partial charge in [-0.2, -0.15) is 0 Å². The van der Waals surface area contributed by atoms with E-state index in [1.165, 1.54) is 7.11 Å². The number of methoxy groups -OCH3 is 2. The number of carbonyl (C=O) groups is 2. The van der Waals surface area contributed by atoms with Gasteiger partial charge < -0.3 is 18.9 Å². The number of allylic oxidation sites excluding steroid dienone is 2. The van der Waals surface area contributed by atoms with Gasteiger partial charge >= 0.3 is 5.97 Å². The Bertz CT molecular complexity index is 822. The van der Waals surface area contributed by atoms with Gasteiger partial charge in [0.1, 0.15) is 23.2 Å². The number of hydrogen-bond acceptors (Lipinski definition) is 6. The van der Waals surface area contributed by atoms with Crippen LogP contribution in [0.25, 0.3) is 0 Å². The van der Waals surface area contributed by atoms with Crippen LogP contribution >= 0.6 is 0 Å². The third-order valence-corrected chi connectivity index (χ3v) is 5.37. The predicted molar refractivity (Wildman–Crippen MR) is 91.8 cm³/mol. The monoisotopic (exact) mass is 358 g/mol. The molecule has 0 fully saturated rings. The van der Waals surface area contributed by atoms with Crippen molar-refractivity contribution < 1.29 is 28.5 Å². The summed E-state index contributed by atoms with van der Waals surface area (Å²) in [5.74, 6) is 0.317. The summed E-state index contributed by atoms with van der Waals surface area (Å²) in [6, 6.07) is 5.42. The van der Waals surface area contributed by atoms with Gasteiger partial charge in [0.2, 0.25) is 0 Å². The van der Waals surface area contributed by atoms with Gasteiger partial charge in [-0.1, -0.05) is 19.9 Å². The Morgan fingerprint density at radius 2 is 1.96 bits per heavy atom. The smallest absolute Gasteiger partial charge is 0.317 e. The second-order valence-corrected chi connectivity index (χ2v) is 7.81. The summed E-state index contributed by atoms with van der Waals surface area (Å²) < 4.78 is 22.3. The summed E-state index contributed by atoms with van der Waals surface area (Å²) >= 11 is 0. The highest BCUT2D eigenvalue weighted by molar-refractivity contribution is 6.00. The van der Waals surface area contributed by atoms with Gasteiger partial charge in [0.25, 0.3) is 6.29 Å². The van der Waals surface area contributed by atoms with E-state index in [0.29, 0.717) is 35.7 Å². The number of esters is 1. The molecule has 2 aliphatic heterocycles. The van der Waals surface area contributed by atoms with Crippen molar-refractivity contribution in [2.24, 2.45) is 11.3 Å². The maximum Gasteiger partial charge on any atom is 0.317 e.